The van der Waals surface area contributed by atoms with Gasteiger partial charge in [0.2, 0.25) is 11.2 Å². The van der Waals surface area contributed by atoms with Crippen molar-refractivity contribution in [1.82, 2.24) is 9.97 Å². The minimum atomic E-state index is -1.90. The first-order chi connectivity index (χ1) is 13.9. The zero-order chi connectivity index (χ0) is 21.4. The van der Waals surface area contributed by atoms with Crippen molar-refractivity contribution in [3.8, 4) is 11.6 Å². The Morgan fingerprint density at radius 1 is 0.966 bits per heavy atom. The van der Waals surface area contributed by atoms with Gasteiger partial charge >= 0.3 is 11.9 Å². The monoisotopic (exact) mass is 466 g/mol. The number of hydrogen-bond donors (Lipinski definition) is 0. The van der Waals surface area contributed by atoms with E-state index in [-0.39, 0.29) is 37.0 Å². The molecule has 9 heteroatoms. The van der Waals surface area contributed by atoms with E-state index in [2.05, 4.69) is 25.9 Å². The summed E-state index contributed by atoms with van der Waals surface area (Å²) in [5.41, 5.74) is -1.18. The number of halogens is 1. The second-order valence-corrected chi connectivity index (χ2v) is 6.83. The van der Waals surface area contributed by atoms with Crippen LogP contribution < -0.4 is 9.47 Å². The van der Waals surface area contributed by atoms with Gasteiger partial charge in [0, 0.05) is 10.9 Å². The number of ether oxygens (including phenoxy) is 4. The first-order valence-corrected chi connectivity index (χ1v) is 9.76. The molecule has 0 spiro atoms. The lowest BCUT2D eigenvalue weighted by Gasteiger charge is -2.30. The number of carbonyl (C=O) groups excluding carboxylic acids is 2. The largest absolute Gasteiger partial charge is 0.490 e. The summed E-state index contributed by atoms with van der Waals surface area (Å²) in [6, 6.07) is 7.22. The Hall–Kier alpha value is -2.68. The van der Waals surface area contributed by atoms with Gasteiger partial charge in [-0.25, -0.2) is 4.98 Å². The summed E-state index contributed by atoms with van der Waals surface area (Å²) >= 11 is 3.38. The molecule has 0 bridgehead atoms. The lowest BCUT2D eigenvalue weighted by molar-refractivity contribution is -0.165. The summed E-state index contributed by atoms with van der Waals surface area (Å²) in [7, 11) is 2.78. The zero-order valence-electron chi connectivity index (χ0n) is 16.7. The Balaban J connectivity index is 2.79. The van der Waals surface area contributed by atoms with E-state index >= 15 is 0 Å². The van der Waals surface area contributed by atoms with Crippen LogP contribution in [0.25, 0.3) is 0 Å². The van der Waals surface area contributed by atoms with Crippen molar-refractivity contribution < 1.29 is 28.5 Å². The van der Waals surface area contributed by atoms with Crippen molar-refractivity contribution in [2.75, 3.05) is 27.4 Å². The van der Waals surface area contributed by atoms with Crippen LogP contribution in [-0.2, 0) is 30.9 Å². The first kappa shape index (κ1) is 22.6. The van der Waals surface area contributed by atoms with E-state index in [0.717, 1.165) is 4.47 Å². The highest BCUT2D eigenvalue weighted by Gasteiger charge is 2.54. The zero-order valence-corrected chi connectivity index (χ0v) is 18.3. The van der Waals surface area contributed by atoms with Crippen LogP contribution in [0.1, 0.15) is 25.1 Å². The van der Waals surface area contributed by atoms with Gasteiger partial charge in [0.15, 0.2) is 0 Å². The van der Waals surface area contributed by atoms with Crippen molar-refractivity contribution >= 4 is 27.9 Å². The van der Waals surface area contributed by atoms with Gasteiger partial charge in [-0.2, -0.15) is 4.98 Å². The van der Waals surface area contributed by atoms with Crippen molar-refractivity contribution in [2.24, 2.45) is 0 Å². The van der Waals surface area contributed by atoms with E-state index in [4.69, 9.17) is 18.9 Å². The Morgan fingerprint density at radius 3 is 2.03 bits per heavy atom. The van der Waals surface area contributed by atoms with Gasteiger partial charge in [-0.3, -0.25) is 9.59 Å². The van der Waals surface area contributed by atoms with Crippen LogP contribution in [0, 0.1) is 0 Å². The molecule has 29 heavy (non-hydrogen) atoms. The molecule has 1 aromatic carbocycles. The lowest BCUT2D eigenvalue weighted by atomic mass is 9.77. The molecule has 0 saturated heterocycles. The van der Waals surface area contributed by atoms with Crippen LogP contribution in [0.2, 0.25) is 0 Å². The number of aromatic nitrogens is 2. The van der Waals surface area contributed by atoms with Gasteiger partial charge < -0.3 is 18.9 Å². The summed E-state index contributed by atoms with van der Waals surface area (Å²) in [5.74, 6) is -1.43. The number of carbonyl (C=O) groups is 2. The molecular formula is C20H23BrN2O6. The van der Waals surface area contributed by atoms with Gasteiger partial charge in [-0.05, 0) is 31.5 Å². The molecule has 0 saturated carbocycles. The van der Waals surface area contributed by atoms with Crippen LogP contribution >= 0.6 is 15.9 Å². The Labute approximate surface area is 177 Å². The van der Waals surface area contributed by atoms with Crippen molar-refractivity contribution in [2.45, 2.75) is 25.7 Å². The molecule has 0 unspecified atom stereocenters. The van der Waals surface area contributed by atoms with Gasteiger partial charge in [0.1, 0.15) is 12.0 Å². The van der Waals surface area contributed by atoms with Gasteiger partial charge in [-0.1, -0.05) is 28.1 Å². The summed E-state index contributed by atoms with van der Waals surface area (Å²) in [4.78, 5) is 34.7. The number of methoxy groups -OCH3 is 2. The number of hydrogen-bond acceptors (Lipinski definition) is 8. The van der Waals surface area contributed by atoms with E-state index in [1.807, 2.05) is 12.1 Å². The van der Waals surface area contributed by atoms with Crippen LogP contribution in [0.4, 0.5) is 0 Å². The fraction of sp³-hybridized carbons (Fsp3) is 0.400. The van der Waals surface area contributed by atoms with Crippen molar-refractivity contribution in [3.05, 3.63) is 46.3 Å². The van der Waals surface area contributed by atoms with Crippen molar-refractivity contribution in [3.63, 3.8) is 0 Å². The van der Waals surface area contributed by atoms with Gasteiger partial charge in [0.25, 0.3) is 5.88 Å². The Kier molecular flexibility index (Phi) is 7.95. The Bertz CT molecular complexity index is 839. The fourth-order valence-electron chi connectivity index (χ4n) is 2.91. The van der Waals surface area contributed by atoms with E-state index in [1.54, 1.807) is 26.0 Å². The normalized spacial score (nSPS) is 10.9. The molecule has 0 aliphatic carbocycles. The molecule has 0 amide bonds. The first-order valence-electron chi connectivity index (χ1n) is 8.96. The molecule has 0 radical (unpaired) electrons. The number of nitrogens with zero attached hydrogens (tertiary/aromatic N) is 2. The minimum Gasteiger partial charge on any atom is -0.490 e. The second kappa shape index (κ2) is 10.2. The fourth-order valence-corrected chi connectivity index (χ4v) is 3.18. The third kappa shape index (κ3) is 4.67. The summed E-state index contributed by atoms with van der Waals surface area (Å²) in [5, 5.41) is 0. The molecule has 0 aliphatic heterocycles. The molecule has 2 aromatic rings. The molecular weight excluding hydrogens is 444 g/mol. The smallest absolute Gasteiger partial charge is 0.330 e. The van der Waals surface area contributed by atoms with E-state index in [1.165, 1.54) is 20.5 Å². The van der Waals surface area contributed by atoms with Gasteiger partial charge in [-0.15, -0.1) is 0 Å². The second-order valence-electron chi connectivity index (χ2n) is 5.91. The topological polar surface area (TPSA) is 96.8 Å². The number of esters is 2. The molecule has 8 nitrogen and oxygen atoms in total. The highest BCUT2D eigenvalue weighted by Crippen LogP contribution is 2.40. The summed E-state index contributed by atoms with van der Waals surface area (Å²) in [6.45, 7) is 3.46. The van der Waals surface area contributed by atoms with E-state index in [9.17, 15) is 9.59 Å². The molecule has 0 atom stereocenters. The Morgan fingerprint density at radius 2 is 1.55 bits per heavy atom. The average molecular weight is 467 g/mol. The van der Waals surface area contributed by atoms with Crippen molar-refractivity contribution in [1.29, 1.82) is 0 Å². The predicted molar refractivity (Wildman–Crippen MR) is 108 cm³/mol. The quantitative estimate of drug-likeness (QED) is 0.411. The number of benzene rings is 1. The van der Waals surface area contributed by atoms with E-state index < -0.39 is 17.4 Å². The third-order valence-electron chi connectivity index (χ3n) is 4.20. The molecule has 1 aromatic heterocycles. The molecule has 0 fully saturated rings. The lowest BCUT2D eigenvalue weighted by Crippen LogP contribution is -2.49. The molecule has 0 aliphatic rings. The van der Waals surface area contributed by atoms with E-state index in [0.29, 0.717) is 5.56 Å². The van der Waals surface area contributed by atoms with Crippen LogP contribution in [0.3, 0.4) is 0 Å². The molecule has 1 heterocycles. The SMILES string of the molecule is CCOC(=O)C(Cc1ccc(Br)cc1)(C(=O)OCC)c1ncnc(OC)c1OC. The molecule has 2 rings (SSSR count). The maximum atomic E-state index is 13.2. The summed E-state index contributed by atoms with van der Waals surface area (Å²) < 4.78 is 22.1. The van der Waals surface area contributed by atoms with Gasteiger partial charge in [0.05, 0.1) is 27.4 Å². The maximum Gasteiger partial charge on any atom is 0.330 e. The minimum absolute atomic E-state index is 0.0201. The molecule has 156 valence electrons. The van der Waals surface area contributed by atoms with Crippen LogP contribution in [0.5, 0.6) is 11.6 Å². The molecule has 0 N–H and O–H groups in total. The maximum absolute atomic E-state index is 13.2. The average Bonchev–Trinajstić information content (AvgIpc) is 2.73. The number of rotatable bonds is 9. The third-order valence-corrected chi connectivity index (χ3v) is 4.73. The highest BCUT2D eigenvalue weighted by molar-refractivity contribution is 9.10. The highest BCUT2D eigenvalue weighted by atomic mass is 79.9. The van der Waals surface area contributed by atoms with Crippen LogP contribution in [-0.4, -0.2) is 49.3 Å². The van der Waals surface area contributed by atoms with Crippen LogP contribution in [0.15, 0.2) is 35.1 Å². The summed E-state index contributed by atoms with van der Waals surface area (Å²) in [6.07, 6.45) is 1.15. The standard InChI is InChI=1S/C20H23BrN2O6/c1-5-28-18(24)20(19(25)29-6-2,11-13-7-9-14(21)10-8-13)16-15(26-3)17(27-4)23-12-22-16/h7-10,12H,5-6,11H2,1-4H3. The predicted octanol–water partition coefficient (Wildman–Crippen LogP) is 2.86.